The Morgan fingerprint density at radius 3 is 2.62 bits per heavy atom. The monoisotopic (exact) mass is 378 g/mol. The Hall–Kier alpha value is -2.94. The van der Waals surface area contributed by atoms with Crippen LogP contribution < -0.4 is 10.1 Å². The largest absolute Gasteiger partial charge is 0.477 e. The first-order valence-corrected chi connectivity index (χ1v) is 8.60. The van der Waals surface area contributed by atoms with E-state index in [1.54, 1.807) is 19.9 Å². The third-order valence-electron chi connectivity index (χ3n) is 3.54. The van der Waals surface area contributed by atoms with Gasteiger partial charge >= 0.3 is 11.7 Å². The lowest BCUT2D eigenvalue weighted by molar-refractivity contribution is -0.385. The SMILES string of the molecule is CCOC(=O)c1c(NC(=O)COc2ccccc2[N+](=O)[O-])sc(C)c1C. The van der Waals surface area contributed by atoms with Crippen molar-refractivity contribution in [3.8, 4) is 5.75 Å². The molecular formula is C17H18N2O6S. The number of aryl methyl sites for hydroxylation is 1. The first-order chi connectivity index (χ1) is 12.3. The van der Waals surface area contributed by atoms with Crippen molar-refractivity contribution < 1.29 is 24.0 Å². The minimum absolute atomic E-state index is 0.00296. The summed E-state index contributed by atoms with van der Waals surface area (Å²) in [6.07, 6.45) is 0. The highest BCUT2D eigenvalue weighted by molar-refractivity contribution is 7.16. The molecule has 26 heavy (non-hydrogen) atoms. The van der Waals surface area contributed by atoms with E-state index in [0.717, 1.165) is 10.4 Å². The van der Waals surface area contributed by atoms with Gasteiger partial charge < -0.3 is 14.8 Å². The summed E-state index contributed by atoms with van der Waals surface area (Å²) in [5.41, 5.74) is 0.826. The number of anilines is 1. The van der Waals surface area contributed by atoms with Crippen molar-refractivity contribution in [2.24, 2.45) is 0 Å². The van der Waals surface area contributed by atoms with Crippen LogP contribution >= 0.6 is 11.3 Å². The van der Waals surface area contributed by atoms with Crippen molar-refractivity contribution in [2.45, 2.75) is 20.8 Å². The van der Waals surface area contributed by atoms with Crippen LogP contribution in [0.4, 0.5) is 10.7 Å². The van der Waals surface area contributed by atoms with E-state index >= 15 is 0 Å². The average molecular weight is 378 g/mol. The fourth-order valence-electron chi connectivity index (χ4n) is 2.20. The number of benzene rings is 1. The molecule has 0 fully saturated rings. The number of hydrogen-bond acceptors (Lipinski definition) is 7. The fraction of sp³-hybridized carbons (Fsp3) is 0.294. The molecule has 1 aromatic heterocycles. The van der Waals surface area contributed by atoms with Gasteiger partial charge in [0.1, 0.15) is 5.00 Å². The molecule has 0 aliphatic heterocycles. The molecule has 1 heterocycles. The topological polar surface area (TPSA) is 108 Å². The standard InChI is InChI=1S/C17H18N2O6S/c1-4-24-17(21)15-10(2)11(3)26-16(15)18-14(20)9-25-13-8-6-5-7-12(13)19(22)23/h5-8H,4,9H2,1-3H3,(H,18,20). The van der Waals surface area contributed by atoms with Crippen LogP contribution in [-0.4, -0.2) is 30.0 Å². The quantitative estimate of drug-likeness (QED) is 0.449. The maximum Gasteiger partial charge on any atom is 0.341 e. The zero-order valence-electron chi connectivity index (χ0n) is 14.5. The van der Waals surface area contributed by atoms with Crippen LogP contribution in [0.5, 0.6) is 5.75 Å². The molecule has 138 valence electrons. The molecule has 0 radical (unpaired) electrons. The number of para-hydroxylation sites is 2. The second-order valence-electron chi connectivity index (χ2n) is 5.27. The fourth-order valence-corrected chi connectivity index (χ4v) is 3.26. The lowest BCUT2D eigenvalue weighted by atomic mass is 10.1. The van der Waals surface area contributed by atoms with E-state index in [1.807, 2.05) is 6.92 Å². The van der Waals surface area contributed by atoms with E-state index in [4.69, 9.17) is 9.47 Å². The van der Waals surface area contributed by atoms with E-state index in [9.17, 15) is 19.7 Å². The summed E-state index contributed by atoms with van der Waals surface area (Å²) >= 11 is 1.26. The first kappa shape index (κ1) is 19.4. The maximum atomic E-state index is 12.2. The molecule has 1 aromatic carbocycles. The molecule has 2 rings (SSSR count). The van der Waals surface area contributed by atoms with Crippen LogP contribution in [0.1, 0.15) is 27.7 Å². The Morgan fingerprint density at radius 1 is 1.27 bits per heavy atom. The van der Waals surface area contributed by atoms with Crippen LogP contribution in [0, 0.1) is 24.0 Å². The Balaban J connectivity index is 2.11. The van der Waals surface area contributed by atoms with Crippen molar-refractivity contribution >= 4 is 33.9 Å². The molecule has 0 bridgehead atoms. The number of hydrogen-bond donors (Lipinski definition) is 1. The van der Waals surface area contributed by atoms with E-state index in [1.165, 1.54) is 29.5 Å². The van der Waals surface area contributed by atoms with Crippen LogP contribution in [0.2, 0.25) is 0 Å². The minimum atomic E-state index is -0.585. The second kappa shape index (κ2) is 8.43. The van der Waals surface area contributed by atoms with Gasteiger partial charge in [-0.25, -0.2) is 4.79 Å². The lowest BCUT2D eigenvalue weighted by Gasteiger charge is -2.08. The molecule has 1 amide bonds. The molecule has 9 heteroatoms. The minimum Gasteiger partial charge on any atom is -0.477 e. The van der Waals surface area contributed by atoms with Gasteiger partial charge in [-0.15, -0.1) is 11.3 Å². The number of nitrogens with one attached hydrogen (secondary N) is 1. The number of nitro groups is 1. The highest BCUT2D eigenvalue weighted by Gasteiger charge is 2.22. The third kappa shape index (κ3) is 4.37. The first-order valence-electron chi connectivity index (χ1n) is 7.78. The molecule has 1 N–H and O–H groups in total. The van der Waals surface area contributed by atoms with E-state index < -0.39 is 23.4 Å². The number of carbonyl (C=O) groups excluding carboxylic acids is 2. The lowest BCUT2D eigenvalue weighted by Crippen LogP contribution is -2.21. The number of nitro benzene ring substituents is 1. The summed E-state index contributed by atoms with van der Waals surface area (Å²) in [6, 6.07) is 5.78. The zero-order valence-corrected chi connectivity index (χ0v) is 15.3. The predicted octanol–water partition coefficient (Wildman–Crippen LogP) is 3.47. The Bertz CT molecular complexity index is 846. The number of thiophene rings is 1. The number of esters is 1. The van der Waals surface area contributed by atoms with Gasteiger partial charge in [-0.3, -0.25) is 14.9 Å². The average Bonchev–Trinajstić information content (AvgIpc) is 2.87. The zero-order chi connectivity index (χ0) is 19.3. The summed E-state index contributed by atoms with van der Waals surface area (Å²) in [5.74, 6) is -1.05. The summed E-state index contributed by atoms with van der Waals surface area (Å²) in [4.78, 5) is 35.5. The van der Waals surface area contributed by atoms with Gasteiger partial charge in [0.25, 0.3) is 5.91 Å². The summed E-state index contributed by atoms with van der Waals surface area (Å²) in [5, 5.41) is 13.9. The van der Waals surface area contributed by atoms with E-state index in [-0.39, 0.29) is 18.0 Å². The molecule has 0 saturated carbocycles. The summed E-state index contributed by atoms with van der Waals surface area (Å²) < 4.78 is 10.3. The maximum absolute atomic E-state index is 12.2. The molecule has 2 aromatic rings. The Morgan fingerprint density at radius 2 is 1.96 bits per heavy atom. The number of nitrogens with zero attached hydrogens (tertiary/aromatic N) is 1. The van der Waals surface area contributed by atoms with Crippen molar-refractivity contribution in [1.29, 1.82) is 0 Å². The van der Waals surface area contributed by atoms with Gasteiger partial charge in [0.05, 0.1) is 17.1 Å². The molecule has 0 saturated heterocycles. The number of rotatable bonds is 7. The van der Waals surface area contributed by atoms with Gasteiger partial charge in [0.2, 0.25) is 0 Å². The van der Waals surface area contributed by atoms with E-state index in [0.29, 0.717) is 10.6 Å². The van der Waals surface area contributed by atoms with Crippen molar-refractivity contribution in [2.75, 3.05) is 18.5 Å². The van der Waals surface area contributed by atoms with Crippen LogP contribution in [0.3, 0.4) is 0 Å². The Kier molecular flexibility index (Phi) is 6.29. The van der Waals surface area contributed by atoms with Crippen LogP contribution in [-0.2, 0) is 9.53 Å². The normalized spacial score (nSPS) is 10.3. The van der Waals surface area contributed by atoms with Crippen molar-refractivity contribution in [1.82, 2.24) is 0 Å². The molecule has 0 atom stereocenters. The predicted molar refractivity (Wildman–Crippen MR) is 97.0 cm³/mol. The van der Waals surface area contributed by atoms with Crippen molar-refractivity contribution in [3.05, 3.63) is 50.4 Å². The molecule has 0 spiro atoms. The van der Waals surface area contributed by atoms with Gasteiger partial charge in [0.15, 0.2) is 12.4 Å². The van der Waals surface area contributed by atoms with Crippen LogP contribution in [0.25, 0.3) is 0 Å². The highest BCUT2D eigenvalue weighted by atomic mass is 32.1. The smallest absolute Gasteiger partial charge is 0.341 e. The van der Waals surface area contributed by atoms with Gasteiger partial charge in [-0.05, 0) is 32.4 Å². The van der Waals surface area contributed by atoms with Gasteiger partial charge in [-0.2, -0.15) is 0 Å². The molecular weight excluding hydrogens is 360 g/mol. The van der Waals surface area contributed by atoms with Gasteiger partial charge in [-0.1, -0.05) is 12.1 Å². The molecule has 0 aliphatic carbocycles. The van der Waals surface area contributed by atoms with Gasteiger partial charge in [0, 0.05) is 10.9 Å². The molecule has 0 unspecified atom stereocenters. The Labute approximate surface area is 153 Å². The van der Waals surface area contributed by atoms with Crippen LogP contribution in [0.15, 0.2) is 24.3 Å². The summed E-state index contributed by atoms with van der Waals surface area (Å²) in [7, 11) is 0. The number of carbonyl (C=O) groups is 2. The number of ether oxygens (including phenoxy) is 2. The summed E-state index contributed by atoms with van der Waals surface area (Å²) in [6.45, 7) is 5.11. The highest BCUT2D eigenvalue weighted by Crippen LogP contribution is 2.33. The second-order valence-corrected chi connectivity index (χ2v) is 6.49. The third-order valence-corrected chi connectivity index (χ3v) is 4.66. The van der Waals surface area contributed by atoms with E-state index in [2.05, 4.69) is 5.32 Å². The molecule has 8 nitrogen and oxygen atoms in total. The number of amides is 1. The molecule has 0 aliphatic rings. The van der Waals surface area contributed by atoms with Crippen molar-refractivity contribution in [3.63, 3.8) is 0 Å².